The summed E-state index contributed by atoms with van der Waals surface area (Å²) in [5.41, 5.74) is 2.30. The van der Waals surface area contributed by atoms with E-state index in [-0.39, 0.29) is 34.9 Å². The summed E-state index contributed by atoms with van der Waals surface area (Å²) in [5.74, 6) is -0.377. The molecule has 1 N–H and O–H groups in total. The van der Waals surface area contributed by atoms with Gasteiger partial charge in [-0.3, -0.25) is 10.1 Å². The van der Waals surface area contributed by atoms with Crippen LogP contribution in [-0.2, 0) is 16.3 Å². The molecule has 0 atom stereocenters. The predicted octanol–water partition coefficient (Wildman–Crippen LogP) is 2.96. The number of sulfone groups is 1. The number of aryl methyl sites for hydroxylation is 3. The van der Waals surface area contributed by atoms with E-state index < -0.39 is 9.84 Å². The van der Waals surface area contributed by atoms with E-state index in [0.29, 0.717) is 5.56 Å². The van der Waals surface area contributed by atoms with Crippen molar-refractivity contribution in [1.82, 2.24) is 10.2 Å². The number of nitrogens with zero attached hydrogens (tertiary/aromatic N) is 2. The summed E-state index contributed by atoms with van der Waals surface area (Å²) in [6, 6.07) is 13.7. The number of amides is 1. The highest BCUT2D eigenvalue weighted by atomic mass is 32.2. The van der Waals surface area contributed by atoms with E-state index in [9.17, 15) is 13.2 Å². The molecule has 2 aromatic carbocycles. The third-order valence-electron chi connectivity index (χ3n) is 4.01. The fourth-order valence-electron chi connectivity index (χ4n) is 2.52. The Balaban J connectivity index is 1.65. The summed E-state index contributed by atoms with van der Waals surface area (Å²) in [7, 11) is -3.44. The van der Waals surface area contributed by atoms with Gasteiger partial charge in [-0.2, -0.15) is 0 Å². The zero-order valence-electron chi connectivity index (χ0n) is 15.0. The molecule has 1 heterocycles. The van der Waals surface area contributed by atoms with Crippen LogP contribution in [0, 0.1) is 13.8 Å². The Morgan fingerprint density at radius 3 is 2.56 bits per heavy atom. The van der Waals surface area contributed by atoms with Crippen molar-refractivity contribution in [3.8, 4) is 0 Å². The van der Waals surface area contributed by atoms with E-state index in [1.165, 1.54) is 0 Å². The molecule has 0 saturated heterocycles. The number of aromatic nitrogens is 2. The fourth-order valence-corrected chi connectivity index (χ4v) is 3.77. The summed E-state index contributed by atoms with van der Waals surface area (Å²) in [6.45, 7) is 3.73. The molecular formula is C19H19N3O4S. The monoisotopic (exact) mass is 385 g/mol. The van der Waals surface area contributed by atoms with E-state index >= 15 is 0 Å². The third-order valence-corrected chi connectivity index (χ3v) is 5.74. The van der Waals surface area contributed by atoms with Crippen molar-refractivity contribution in [2.24, 2.45) is 0 Å². The van der Waals surface area contributed by atoms with Crippen LogP contribution >= 0.6 is 0 Å². The molecule has 0 bridgehead atoms. The average Bonchev–Trinajstić information content (AvgIpc) is 3.10. The molecule has 1 aromatic heterocycles. The lowest BCUT2D eigenvalue weighted by Gasteiger charge is -2.05. The van der Waals surface area contributed by atoms with E-state index in [2.05, 4.69) is 15.5 Å². The van der Waals surface area contributed by atoms with Crippen molar-refractivity contribution in [1.29, 1.82) is 0 Å². The topological polar surface area (TPSA) is 102 Å². The SMILES string of the molecule is Cc1ccc(C)c(C(=O)Nc2nnc(CCS(=O)(=O)c3ccccc3)o2)c1. The quantitative estimate of drug-likeness (QED) is 0.700. The molecule has 0 unspecified atom stereocenters. The Morgan fingerprint density at radius 1 is 1.07 bits per heavy atom. The lowest BCUT2D eigenvalue weighted by Crippen LogP contribution is -2.13. The van der Waals surface area contributed by atoms with Crippen LogP contribution in [0.15, 0.2) is 57.8 Å². The van der Waals surface area contributed by atoms with Crippen LogP contribution in [0.3, 0.4) is 0 Å². The molecule has 0 aliphatic heterocycles. The first-order valence-electron chi connectivity index (χ1n) is 8.34. The van der Waals surface area contributed by atoms with Crippen molar-refractivity contribution >= 4 is 21.8 Å². The van der Waals surface area contributed by atoms with Crippen molar-refractivity contribution in [2.45, 2.75) is 25.2 Å². The maximum Gasteiger partial charge on any atom is 0.322 e. The molecule has 8 heteroatoms. The van der Waals surface area contributed by atoms with Gasteiger partial charge in [0.15, 0.2) is 9.84 Å². The maximum atomic E-state index is 12.4. The molecule has 0 fully saturated rings. The van der Waals surface area contributed by atoms with Crippen LogP contribution in [0.4, 0.5) is 6.01 Å². The largest absolute Gasteiger partial charge is 0.408 e. The van der Waals surface area contributed by atoms with Gasteiger partial charge < -0.3 is 4.42 Å². The molecule has 1 amide bonds. The smallest absolute Gasteiger partial charge is 0.322 e. The third kappa shape index (κ3) is 4.59. The molecule has 0 saturated carbocycles. The molecular weight excluding hydrogens is 366 g/mol. The van der Waals surface area contributed by atoms with Gasteiger partial charge in [0.1, 0.15) is 0 Å². The summed E-state index contributed by atoms with van der Waals surface area (Å²) < 4.78 is 29.9. The van der Waals surface area contributed by atoms with Crippen LogP contribution in [0.1, 0.15) is 27.4 Å². The predicted molar refractivity (Wildman–Crippen MR) is 100 cm³/mol. The van der Waals surface area contributed by atoms with E-state index in [0.717, 1.165) is 11.1 Å². The second kappa shape index (κ2) is 7.71. The van der Waals surface area contributed by atoms with Crippen molar-refractivity contribution in [3.05, 3.63) is 71.1 Å². The molecule has 0 spiro atoms. The molecule has 0 aliphatic carbocycles. The highest BCUT2D eigenvalue weighted by Gasteiger charge is 2.18. The molecule has 0 aliphatic rings. The highest BCUT2D eigenvalue weighted by Crippen LogP contribution is 2.15. The first-order valence-corrected chi connectivity index (χ1v) is 9.99. The fraction of sp³-hybridized carbons (Fsp3) is 0.211. The zero-order chi connectivity index (χ0) is 19.4. The number of hydrogen-bond acceptors (Lipinski definition) is 6. The Labute approximate surface area is 157 Å². The number of carbonyl (C=O) groups excluding carboxylic acids is 1. The molecule has 0 radical (unpaired) electrons. The lowest BCUT2D eigenvalue weighted by molar-refractivity contribution is 0.102. The minimum atomic E-state index is -3.44. The van der Waals surface area contributed by atoms with Gasteiger partial charge in [0.05, 0.1) is 10.6 Å². The van der Waals surface area contributed by atoms with Crippen LogP contribution < -0.4 is 5.32 Å². The Kier molecular flexibility index (Phi) is 5.36. The van der Waals surface area contributed by atoms with Gasteiger partial charge >= 0.3 is 6.01 Å². The van der Waals surface area contributed by atoms with E-state index in [1.807, 2.05) is 26.0 Å². The van der Waals surface area contributed by atoms with Crippen molar-refractivity contribution < 1.29 is 17.6 Å². The summed E-state index contributed by atoms with van der Waals surface area (Å²) in [4.78, 5) is 12.6. The van der Waals surface area contributed by atoms with Crippen molar-refractivity contribution in [3.63, 3.8) is 0 Å². The molecule has 7 nitrogen and oxygen atoms in total. The minimum absolute atomic E-state index is 0.0591. The zero-order valence-corrected chi connectivity index (χ0v) is 15.8. The standard InChI is InChI=1S/C19H19N3O4S/c1-13-8-9-14(2)16(12-13)18(23)20-19-22-21-17(26-19)10-11-27(24,25)15-6-4-3-5-7-15/h3-9,12H,10-11H2,1-2H3,(H,20,22,23). The van der Waals surface area contributed by atoms with E-state index in [4.69, 9.17) is 4.42 Å². The first kappa shape index (κ1) is 18.8. The van der Waals surface area contributed by atoms with Crippen LogP contribution in [0.25, 0.3) is 0 Å². The second-order valence-electron chi connectivity index (χ2n) is 6.16. The van der Waals surface area contributed by atoms with Gasteiger partial charge in [-0.15, -0.1) is 5.10 Å². The summed E-state index contributed by atoms with van der Waals surface area (Å²) in [5, 5.41) is 10.1. The van der Waals surface area contributed by atoms with E-state index in [1.54, 1.807) is 36.4 Å². The molecule has 3 rings (SSSR count). The number of carbonyl (C=O) groups is 1. The second-order valence-corrected chi connectivity index (χ2v) is 8.26. The van der Waals surface area contributed by atoms with Crippen LogP contribution in [-0.4, -0.2) is 30.3 Å². The van der Waals surface area contributed by atoms with Gasteiger partial charge in [-0.1, -0.05) is 41.0 Å². The van der Waals surface area contributed by atoms with Gasteiger partial charge in [-0.05, 0) is 37.6 Å². The van der Waals surface area contributed by atoms with Gasteiger partial charge in [0.25, 0.3) is 5.91 Å². The number of nitrogens with one attached hydrogen (secondary N) is 1. The molecule has 140 valence electrons. The van der Waals surface area contributed by atoms with Gasteiger partial charge in [0, 0.05) is 12.0 Å². The molecule has 3 aromatic rings. The molecule has 27 heavy (non-hydrogen) atoms. The first-order chi connectivity index (χ1) is 12.8. The Morgan fingerprint density at radius 2 is 1.81 bits per heavy atom. The van der Waals surface area contributed by atoms with Crippen LogP contribution in [0.5, 0.6) is 0 Å². The Bertz CT molecular complexity index is 1060. The number of anilines is 1. The normalized spacial score (nSPS) is 11.3. The average molecular weight is 385 g/mol. The highest BCUT2D eigenvalue weighted by molar-refractivity contribution is 7.91. The summed E-state index contributed by atoms with van der Waals surface area (Å²) in [6.07, 6.45) is 0.0591. The number of benzene rings is 2. The maximum absolute atomic E-state index is 12.4. The van der Waals surface area contributed by atoms with Crippen molar-refractivity contribution in [2.75, 3.05) is 11.1 Å². The minimum Gasteiger partial charge on any atom is -0.408 e. The van der Waals surface area contributed by atoms with Gasteiger partial charge in [0.2, 0.25) is 5.89 Å². The Hall–Kier alpha value is -3.00. The van der Waals surface area contributed by atoms with Crippen LogP contribution in [0.2, 0.25) is 0 Å². The lowest BCUT2D eigenvalue weighted by atomic mass is 10.1. The van der Waals surface area contributed by atoms with Gasteiger partial charge in [-0.25, -0.2) is 8.42 Å². The number of rotatable bonds is 6. The number of hydrogen-bond donors (Lipinski definition) is 1. The summed E-state index contributed by atoms with van der Waals surface area (Å²) >= 11 is 0.